The molecular weight excluding hydrogens is 350 g/mol. The van der Waals surface area contributed by atoms with Crippen molar-refractivity contribution >= 4 is 40.3 Å². The highest BCUT2D eigenvalue weighted by molar-refractivity contribution is 7.80. The van der Waals surface area contributed by atoms with Crippen LogP contribution in [0, 0.1) is 24.0 Å². The molecule has 6 nitrogen and oxygen atoms in total. The van der Waals surface area contributed by atoms with Crippen LogP contribution in [0.1, 0.15) is 16.7 Å². The van der Waals surface area contributed by atoms with E-state index in [2.05, 4.69) is 10.6 Å². The molecule has 0 atom stereocenters. The minimum absolute atomic E-state index is 0.0782. The Morgan fingerprint density at radius 3 is 2.62 bits per heavy atom. The number of rotatable bonds is 4. The normalized spacial score (nSPS) is 10.3. The fourth-order valence-corrected chi connectivity index (χ4v) is 2.77. The molecule has 2 aromatic carbocycles. The summed E-state index contributed by atoms with van der Waals surface area (Å²) in [4.78, 5) is 10.2. The van der Waals surface area contributed by atoms with Crippen LogP contribution >= 0.6 is 23.8 Å². The molecule has 0 radical (unpaired) electrons. The van der Waals surface area contributed by atoms with Crippen LogP contribution in [0.4, 0.5) is 11.4 Å². The van der Waals surface area contributed by atoms with E-state index in [0.29, 0.717) is 10.7 Å². The van der Waals surface area contributed by atoms with Crippen LogP contribution in [0.3, 0.4) is 0 Å². The molecule has 0 aromatic heterocycles. The molecule has 0 fully saturated rings. The first-order chi connectivity index (χ1) is 11.3. The van der Waals surface area contributed by atoms with Gasteiger partial charge < -0.3 is 15.7 Å². The van der Waals surface area contributed by atoms with Crippen molar-refractivity contribution in [1.29, 1.82) is 0 Å². The number of non-ortho nitro benzene ring substituents is 1. The number of nitro groups is 1. The average Bonchev–Trinajstić information content (AvgIpc) is 2.49. The summed E-state index contributed by atoms with van der Waals surface area (Å²) in [6.45, 7) is 3.92. The Labute approximate surface area is 149 Å². The van der Waals surface area contributed by atoms with Crippen molar-refractivity contribution in [3.63, 3.8) is 0 Å². The minimum Gasteiger partial charge on any atom is -0.872 e. The first-order valence-corrected chi connectivity index (χ1v) is 7.82. The molecule has 0 aliphatic heterocycles. The van der Waals surface area contributed by atoms with Crippen LogP contribution < -0.4 is 15.7 Å². The lowest BCUT2D eigenvalue weighted by molar-refractivity contribution is -0.385. The topological polar surface area (TPSA) is 90.3 Å². The third-order valence-electron chi connectivity index (χ3n) is 3.36. The van der Waals surface area contributed by atoms with Gasteiger partial charge in [0.05, 0.1) is 15.6 Å². The third-order valence-corrected chi connectivity index (χ3v) is 3.91. The average molecular weight is 365 g/mol. The number of hydrogen-bond donors (Lipinski definition) is 2. The Morgan fingerprint density at radius 2 is 2.00 bits per heavy atom. The molecule has 0 bridgehead atoms. The van der Waals surface area contributed by atoms with E-state index in [1.54, 1.807) is 0 Å². The van der Waals surface area contributed by atoms with Crippen LogP contribution in [0.25, 0.3) is 0 Å². The minimum atomic E-state index is -0.547. The van der Waals surface area contributed by atoms with Gasteiger partial charge in [0.25, 0.3) is 5.69 Å². The van der Waals surface area contributed by atoms with Gasteiger partial charge in [-0.25, -0.2) is 0 Å². The summed E-state index contributed by atoms with van der Waals surface area (Å²) >= 11 is 11.4. The zero-order chi connectivity index (χ0) is 17.9. The lowest BCUT2D eigenvalue weighted by atomic mass is 10.1. The molecule has 0 spiro atoms. The number of nitro benzene ring substituents is 1. The number of benzene rings is 2. The van der Waals surface area contributed by atoms with Gasteiger partial charge >= 0.3 is 0 Å². The van der Waals surface area contributed by atoms with Gasteiger partial charge in [0, 0.05) is 18.7 Å². The highest BCUT2D eigenvalue weighted by atomic mass is 35.5. The Bertz CT molecular complexity index is 788. The lowest BCUT2D eigenvalue weighted by Gasteiger charge is -2.17. The molecule has 0 unspecified atom stereocenters. The predicted octanol–water partition coefficient (Wildman–Crippen LogP) is 3.43. The lowest BCUT2D eigenvalue weighted by Crippen LogP contribution is -2.28. The van der Waals surface area contributed by atoms with Gasteiger partial charge in [-0.3, -0.25) is 10.1 Å². The van der Waals surface area contributed by atoms with Gasteiger partial charge in [-0.15, -0.1) is 5.75 Å². The summed E-state index contributed by atoms with van der Waals surface area (Å²) in [5.41, 5.74) is 2.78. The number of nitrogens with zero attached hydrogens (tertiary/aromatic N) is 1. The second kappa shape index (κ2) is 7.46. The van der Waals surface area contributed by atoms with Crippen molar-refractivity contribution in [2.75, 3.05) is 5.32 Å². The highest BCUT2D eigenvalue weighted by Gasteiger charge is 2.09. The summed E-state index contributed by atoms with van der Waals surface area (Å²) in [6.07, 6.45) is 0. The molecule has 2 N–H and O–H groups in total. The van der Waals surface area contributed by atoms with Crippen LogP contribution in [-0.4, -0.2) is 10.0 Å². The van der Waals surface area contributed by atoms with E-state index >= 15 is 0 Å². The van der Waals surface area contributed by atoms with Crippen molar-refractivity contribution in [2.45, 2.75) is 20.4 Å². The van der Waals surface area contributed by atoms with Crippen LogP contribution in [-0.2, 0) is 6.54 Å². The summed E-state index contributed by atoms with van der Waals surface area (Å²) in [5, 5.41) is 29.2. The van der Waals surface area contributed by atoms with E-state index in [1.807, 2.05) is 26.0 Å². The molecule has 2 aromatic rings. The maximum Gasteiger partial charge on any atom is 0.269 e. The van der Waals surface area contributed by atoms with Crippen molar-refractivity contribution in [2.24, 2.45) is 0 Å². The fourth-order valence-electron chi connectivity index (χ4n) is 2.22. The predicted molar refractivity (Wildman–Crippen MR) is 96.5 cm³/mol. The first kappa shape index (κ1) is 18.0. The van der Waals surface area contributed by atoms with E-state index in [9.17, 15) is 15.2 Å². The Morgan fingerprint density at radius 1 is 1.29 bits per heavy atom. The molecule has 0 saturated heterocycles. The Balaban J connectivity index is 2.07. The molecule has 0 heterocycles. The van der Waals surface area contributed by atoms with Gasteiger partial charge in [-0.05, 0) is 48.8 Å². The third kappa shape index (κ3) is 4.33. The number of anilines is 1. The van der Waals surface area contributed by atoms with E-state index in [-0.39, 0.29) is 28.7 Å². The summed E-state index contributed by atoms with van der Waals surface area (Å²) in [5.74, 6) is -0.291. The number of hydrogen-bond acceptors (Lipinski definition) is 4. The summed E-state index contributed by atoms with van der Waals surface area (Å²) in [6, 6.07) is 7.37. The van der Waals surface area contributed by atoms with E-state index < -0.39 is 4.92 Å². The molecule has 126 valence electrons. The van der Waals surface area contributed by atoms with Crippen LogP contribution in [0.5, 0.6) is 5.75 Å². The van der Waals surface area contributed by atoms with Crippen molar-refractivity contribution in [3.05, 3.63) is 62.2 Å². The van der Waals surface area contributed by atoms with Crippen molar-refractivity contribution in [1.82, 2.24) is 5.32 Å². The standard InChI is InChI=1S/C16H16ClN3O3S/c1-9-5-10(2)15(13(17)6-9)19-16(24)18-8-11-7-12(20(22)23)3-4-14(11)21/h3-7,21H,8H2,1-2H3,(H2,18,19,24)/p-1. The van der Waals surface area contributed by atoms with Crippen molar-refractivity contribution in [3.8, 4) is 5.75 Å². The molecular formula is C16H15ClN3O3S-. The molecule has 0 amide bonds. The number of aryl methyl sites for hydroxylation is 2. The summed E-state index contributed by atoms with van der Waals surface area (Å²) < 4.78 is 0. The maximum absolute atomic E-state index is 11.8. The molecule has 24 heavy (non-hydrogen) atoms. The van der Waals surface area contributed by atoms with E-state index in [1.165, 1.54) is 18.2 Å². The van der Waals surface area contributed by atoms with Gasteiger partial charge in [0.1, 0.15) is 0 Å². The van der Waals surface area contributed by atoms with Gasteiger partial charge in [0.15, 0.2) is 5.11 Å². The number of nitrogens with one attached hydrogen (secondary N) is 2. The maximum atomic E-state index is 11.8. The Kier molecular flexibility index (Phi) is 5.58. The number of thiocarbonyl (C=S) groups is 1. The molecule has 8 heteroatoms. The molecule has 0 saturated carbocycles. The zero-order valence-corrected chi connectivity index (χ0v) is 14.6. The second-order valence-electron chi connectivity index (χ2n) is 5.30. The largest absolute Gasteiger partial charge is 0.872 e. The zero-order valence-electron chi connectivity index (χ0n) is 13.1. The van der Waals surface area contributed by atoms with Crippen LogP contribution in [0.15, 0.2) is 30.3 Å². The van der Waals surface area contributed by atoms with E-state index in [4.69, 9.17) is 23.8 Å². The first-order valence-electron chi connectivity index (χ1n) is 7.04. The Hall–Kier alpha value is -2.38. The summed E-state index contributed by atoms with van der Waals surface area (Å²) in [7, 11) is 0. The quantitative estimate of drug-likeness (QED) is 0.490. The second-order valence-corrected chi connectivity index (χ2v) is 6.11. The molecule has 0 aliphatic rings. The van der Waals surface area contributed by atoms with E-state index in [0.717, 1.165) is 11.1 Å². The van der Waals surface area contributed by atoms with Gasteiger partial charge in [-0.1, -0.05) is 23.7 Å². The number of halogens is 1. The van der Waals surface area contributed by atoms with Gasteiger partial charge in [0.2, 0.25) is 0 Å². The SMILES string of the molecule is Cc1cc(C)c(NC(=S)NCc2cc([N+](=O)[O-])ccc2[O-])c(Cl)c1. The smallest absolute Gasteiger partial charge is 0.269 e. The van der Waals surface area contributed by atoms with Crippen molar-refractivity contribution < 1.29 is 10.0 Å². The van der Waals surface area contributed by atoms with Gasteiger partial charge in [-0.2, -0.15) is 0 Å². The highest BCUT2D eigenvalue weighted by Crippen LogP contribution is 2.27. The molecule has 2 rings (SSSR count). The molecule has 0 aliphatic carbocycles. The fraction of sp³-hybridized carbons (Fsp3) is 0.188. The van der Waals surface area contributed by atoms with Crippen LogP contribution in [0.2, 0.25) is 5.02 Å². The monoisotopic (exact) mass is 364 g/mol.